The van der Waals surface area contributed by atoms with E-state index in [0.29, 0.717) is 0 Å². The van der Waals surface area contributed by atoms with Gasteiger partial charge >= 0.3 is 0 Å². The molecule has 20 heteroatoms. The van der Waals surface area contributed by atoms with Crippen LogP contribution in [0.5, 0.6) is 11.5 Å². The van der Waals surface area contributed by atoms with E-state index in [2.05, 4.69) is 0 Å². The Kier molecular flexibility index (Phi) is 7.58. The summed E-state index contributed by atoms with van der Waals surface area (Å²) < 4.78 is 144. The van der Waals surface area contributed by atoms with E-state index in [1.807, 2.05) is 0 Å². The average Bonchev–Trinajstić information content (AvgIpc) is 2.63. The van der Waals surface area contributed by atoms with Crippen LogP contribution in [0, 0.1) is 0 Å². The summed E-state index contributed by atoms with van der Waals surface area (Å²) in [7, 11) is -20.1. The molecule has 0 bridgehead atoms. The van der Waals surface area contributed by atoms with Crippen molar-refractivity contribution in [2.45, 2.75) is 19.6 Å². The number of hydrogen-bond acceptors (Lipinski definition) is 10. The summed E-state index contributed by atoms with van der Waals surface area (Å²) in [5, 5.41) is -2.16. The molecule has 0 radical (unpaired) electrons. The van der Waals surface area contributed by atoms with Crippen LogP contribution in [0.3, 0.4) is 0 Å². The molecular weight excluding hydrogens is 591 g/mol. The van der Waals surface area contributed by atoms with Crippen molar-refractivity contribution in [2.75, 3.05) is 14.2 Å². The Balaban J connectivity index is 3.48. The van der Waals surface area contributed by atoms with Gasteiger partial charge < -0.3 is 9.47 Å². The third-order valence-corrected chi connectivity index (χ3v) is 8.63. The molecule has 0 heterocycles. The molecule has 0 atom stereocenters. The van der Waals surface area contributed by atoms with E-state index in [-0.39, 0.29) is 12.1 Å². The topological polar surface area (TPSA) is 236 Å². The maximum absolute atomic E-state index is 12.2. The van der Waals surface area contributed by atoms with Gasteiger partial charge in [0.15, 0.2) is 11.5 Å². The zero-order valence-corrected chi connectivity index (χ0v) is 21.2. The molecule has 0 fully saturated rings. The summed E-state index contributed by atoms with van der Waals surface area (Å²) in [6, 6.07) is 0.461. The lowest BCUT2D eigenvalue weighted by Gasteiger charge is -2.20. The number of rotatable bonds is 7. The highest BCUT2D eigenvalue weighted by Gasteiger charge is 2.36. The van der Waals surface area contributed by atoms with Gasteiger partial charge in [-0.3, -0.25) is 18.2 Å². The molecule has 0 saturated heterocycles. The summed E-state index contributed by atoms with van der Waals surface area (Å²) in [4.78, 5) is -5.39. The zero-order chi connectivity index (χ0) is 26.6. The minimum Gasteiger partial charge on any atom is -0.494 e. The lowest BCUT2D eigenvalue weighted by atomic mass is 10.0. The van der Waals surface area contributed by atoms with Crippen LogP contribution in [0.25, 0.3) is 11.1 Å². The third-order valence-electron chi connectivity index (χ3n) is 4.05. The lowest BCUT2D eigenvalue weighted by molar-refractivity contribution is 0.393. The van der Waals surface area contributed by atoms with Crippen LogP contribution in [-0.4, -0.2) is 66.1 Å². The quantitative estimate of drug-likeness (QED) is 0.330. The molecule has 190 valence electrons. The number of halogens is 2. The molecule has 34 heavy (non-hydrogen) atoms. The molecular formula is C14H12Cl2O14S4. The van der Waals surface area contributed by atoms with Crippen LogP contribution >= 0.6 is 23.2 Å². The summed E-state index contributed by atoms with van der Waals surface area (Å²) in [6.07, 6.45) is 0. The fourth-order valence-electron chi connectivity index (χ4n) is 2.84. The number of hydrogen-bond donors (Lipinski definition) is 4. The maximum atomic E-state index is 12.2. The van der Waals surface area contributed by atoms with Gasteiger partial charge in [0.05, 0.1) is 14.2 Å². The second-order valence-corrected chi connectivity index (χ2v) is 12.4. The first-order chi connectivity index (χ1) is 15.2. The molecule has 2 aromatic carbocycles. The Morgan fingerprint density at radius 1 is 0.588 bits per heavy atom. The normalized spacial score (nSPS) is 13.1. The first-order valence-corrected chi connectivity index (χ1v) is 14.4. The summed E-state index contributed by atoms with van der Waals surface area (Å²) >= 11 is 11.6. The molecule has 0 aliphatic carbocycles. The maximum Gasteiger partial charge on any atom is 0.298 e. The predicted octanol–water partition coefficient (Wildman–Crippen LogP) is 1.66. The van der Waals surface area contributed by atoms with Crippen molar-refractivity contribution >= 4 is 63.7 Å². The SMILES string of the molecule is COc1c(Cl)c(S(=O)(=O)O)cc(-c2cc(S(=O)(=O)O)c(Cl)c(OC)c2S(=O)(=O)O)c1S(=O)(=O)O. The largest absolute Gasteiger partial charge is 0.494 e. The average molecular weight is 603 g/mol. The van der Waals surface area contributed by atoms with Gasteiger partial charge in [0, 0.05) is 11.1 Å². The first kappa shape index (κ1) is 28.5. The van der Waals surface area contributed by atoms with Crippen LogP contribution in [0.2, 0.25) is 10.0 Å². The Hall–Kier alpha value is -1.74. The van der Waals surface area contributed by atoms with Crippen molar-refractivity contribution in [1.29, 1.82) is 0 Å². The Morgan fingerprint density at radius 2 is 0.853 bits per heavy atom. The molecule has 0 amide bonds. The van der Waals surface area contributed by atoms with E-state index in [1.54, 1.807) is 0 Å². The fourth-order valence-corrected chi connectivity index (χ4v) is 6.89. The van der Waals surface area contributed by atoms with Gasteiger partial charge in [-0.2, -0.15) is 33.7 Å². The summed E-state index contributed by atoms with van der Waals surface area (Å²) in [5.74, 6) is -2.25. The van der Waals surface area contributed by atoms with Gasteiger partial charge in [-0.1, -0.05) is 23.2 Å². The molecule has 0 aliphatic heterocycles. The predicted molar refractivity (Wildman–Crippen MR) is 114 cm³/mol. The molecule has 0 aliphatic rings. The van der Waals surface area contributed by atoms with E-state index in [0.717, 1.165) is 14.2 Å². The van der Waals surface area contributed by atoms with Crippen molar-refractivity contribution < 1.29 is 61.4 Å². The summed E-state index contributed by atoms with van der Waals surface area (Å²) in [5.41, 5.74) is -2.35. The van der Waals surface area contributed by atoms with Crippen LogP contribution in [0.15, 0.2) is 31.7 Å². The Bertz CT molecular complexity index is 1500. The smallest absolute Gasteiger partial charge is 0.298 e. The monoisotopic (exact) mass is 602 g/mol. The Morgan fingerprint density at radius 3 is 1.03 bits per heavy atom. The third kappa shape index (κ3) is 5.25. The van der Waals surface area contributed by atoms with Crippen LogP contribution in [0.1, 0.15) is 0 Å². The lowest BCUT2D eigenvalue weighted by Crippen LogP contribution is -2.12. The van der Waals surface area contributed by atoms with E-state index in [1.165, 1.54) is 0 Å². The second kappa shape index (κ2) is 9.04. The van der Waals surface area contributed by atoms with Gasteiger partial charge in [0.2, 0.25) is 0 Å². The minimum atomic E-state index is -5.50. The minimum absolute atomic E-state index is 0.231. The molecule has 4 N–H and O–H groups in total. The van der Waals surface area contributed by atoms with Gasteiger partial charge in [0.25, 0.3) is 40.5 Å². The number of methoxy groups -OCH3 is 2. The molecule has 2 rings (SSSR count). The molecule has 2 aromatic rings. The van der Waals surface area contributed by atoms with Crippen molar-refractivity contribution in [3.05, 3.63) is 22.2 Å². The fraction of sp³-hybridized carbons (Fsp3) is 0.143. The highest BCUT2D eigenvalue weighted by molar-refractivity contribution is 7.87. The molecule has 0 saturated carbocycles. The van der Waals surface area contributed by atoms with Gasteiger partial charge in [-0.25, -0.2) is 0 Å². The van der Waals surface area contributed by atoms with Gasteiger partial charge in [-0.05, 0) is 12.1 Å². The second-order valence-electron chi connectivity index (χ2n) is 6.10. The molecule has 14 nitrogen and oxygen atoms in total. The van der Waals surface area contributed by atoms with Crippen molar-refractivity contribution in [3.63, 3.8) is 0 Å². The number of ether oxygens (including phenoxy) is 2. The summed E-state index contributed by atoms with van der Waals surface area (Å²) in [6.45, 7) is 0. The highest BCUT2D eigenvalue weighted by atomic mass is 35.5. The van der Waals surface area contributed by atoms with Crippen LogP contribution in [0.4, 0.5) is 0 Å². The standard InChI is InChI=1S/C14H12Cl2O14S4/c1-29-11-9(15)7(31(17,18)19)3-5(13(11)33(23,24)25)6-4-8(32(20,21)22)10(16)12(30-2)14(6)34(26,27)28/h3-4H,1-2H3,(H,17,18,19)(H,20,21,22)(H,23,24,25)(H,26,27,28). The van der Waals surface area contributed by atoms with Crippen LogP contribution < -0.4 is 9.47 Å². The molecule has 0 unspecified atom stereocenters. The first-order valence-electron chi connectivity index (χ1n) is 7.89. The van der Waals surface area contributed by atoms with Gasteiger partial charge in [0.1, 0.15) is 29.6 Å². The van der Waals surface area contributed by atoms with E-state index < -0.39 is 92.7 Å². The highest BCUT2D eigenvalue weighted by Crippen LogP contribution is 2.49. The van der Waals surface area contributed by atoms with E-state index in [9.17, 15) is 51.9 Å². The van der Waals surface area contributed by atoms with Gasteiger partial charge in [-0.15, -0.1) is 0 Å². The Labute approximate surface area is 203 Å². The molecule has 0 aromatic heterocycles. The van der Waals surface area contributed by atoms with Crippen molar-refractivity contribution in [3.8, 4) is 22.6 Å². The number of benzene rings is 2. The van der Waals surface area contributed by atoms with Crippen molar-refractivity contribution in [1.82, 2.24) is 0 Å². The molecule has 0 spiro atoms. The zero-order valence-electron chi connectivity index (χ0n) is 16.4. The van der Waals surface area contributed by atoms with E-state index in [4.69, 9.17) is 32.7 Å². The van der Waals surface area contributed by atoms with Crippen molar-refractivity contribution in [2.24, 2.45) is 0 Å². The van der Waals surface area contributed by atoms with Crippen LogP contribution in [-0.2, 0) is 40.5 Å². The van der Waals surface area contributed by atoms with E-state index >= 15 is 0 Å².